The average molecular weight is 266 g/mol. The van der Waals surface area contributed by atoms with Crippen LogP contribution in [-0.2, 0) is 4.74 Å². The maximum atomic E-state index is 11.3. The standard InChI is InChI=1S/C12H14N2O3S/c1-4-17-6(2)9-8(12(15)16)5-13-11-10(9)14-7(3)18-11/h5-6H,4H2,1-3H3,(H,15,16). The maximum Gasteiger partial charge on any atom is 0.337 e. The molecule has 1 atom stereocenters. The topological polar surface area (TPSA) is 72.3 Å². The minimum Gasteiger partial charge on any atom is -0.478 e. The summed E-state index contributed by atoms with van der Waals surface area (Å²) in [5, 5.41) is 10.1. The van der Waals surface area contributed by atoms with Gasteiger partial charge in [0.2, 0.25) is 0 Å². The number of carbonyl (C=O) groups is 1. The fraction of sp³-hybridized carbons (Fsp3) is 0.417. The van der Waals surface area contributed by atoms with Crippen molar-refractivity contribution in [1.29, 1.82) is 0 Å². The molecule has 96 valence electrons. The molecule has 1 unspecified atom stereocenters. The van der Waals surface area contributed by atoms with E-state index in [-0.39, 0.29) is 11.7 Å². The van der Waals surface area contributed by atoms with Crippen LogP contribution in [0.3, 0.4) is 0 Å². The van der Waals surface area contributed by atoms with Gasteiger partial charge in [-0.3, -0.25) is 0 Å². The normalized spacial score (nSPS) is 12.8. The molecule has 6 heteroatoms. The van der Waals surface area contributed by atoms with Gasteiger partial charge in [-0.1, -0.05) is 11.3 Å². The molecule has 2 aromatic heterocycles. The highest BCUT2D eigenvalue weighted by molar-refractivity contribution is 7.18. The minimum atomic E-state index is -1.00. The summed E-state index contributed by atoms with van der Waals surface area (Å²) in [5.41, 5.74) is 1.41. The van der Waals surface area contributed by atoms with Crippen molar-refractivity contribution in [1.82, 2.24) is 9.97 Å². The molecule has 0 saturated carbocycles. The molecule has 0 aliphatic heterocycles. The van der Waals surface area contributed by atoms with E-state index in [0.717, 1.165) is 9.84 Å². The largest absolute Gasteiger partial charge is 0.478 e. The van der Waals surface area contributed by atoms with Crippen LogP contribution < -0.4 is 0 Å². The van der Waals surface area contributed by atoms with Gasteiger partial charge in [-0.15, -0.1) is 0 Å². The lowest BCUT2D eigenvalue weighted by atomic mass is 10.0. The number of ether oxygens (including phenoxy) is 1. The zero-order valence-corrected chi connectivity index (χ0v) is 11.2. The van der Waals surface area contributed by atoms with Crippen LogP contribution in [-0.4, -0.2) is 27.7 Å². The number of aromatic carboxylic acids is 1. The lowest BCUT2D eigenvalue weighted by Gasteiger charge is -2.14. The summed E-state index contributed by atoms with van der Waals surface area (Å²) in [4.78, 5) is 20.5. The second-order valence-electron chi connectivity index (χ2n) is 3.87. The fourth-order valence-electron chi connectivity index (χ4n) is 1.91. The lowest BCUT2D eigenvalue weighted by molar-refractivity contribution is 0.0647. The van der Waals surface area contributed by atoms with Crippen molar-refractivity contribution in [2.75, 3.05) is 6.61 Å². The van der Waals surface area contributed by atoms with E-state index in [1.807, 2.05) is 20.8 Å². The second kappa shape index (κ2) is 4.99. The average Bonchev–Trinajstić information content (AvgIpc) is 2.67. The van der Waals surface area contributed by atoms with Crippen LogP contribution in [0.25, 0.3) is 10.3 Å². The van der Waals surface area contributed by atoms with E-state index >= 15 is 0 Å². The molecule has 0 aromatic carbocycles. The number of carboxylic acids is 1. The minimum absolute atomic E-state index is 0.161. The van der Waals surface area contributed by atoms with E-state index in [4.69, 9.17) is 4.74 Å². The Morgan fingerprint density at radius 2 is 2.33 bits per heavy atom. The van der Waals surface area contributed by atoms with E-state index in [2.05, 4.69) is 9.97 Å². The lowest BCUT2D eigenvalue weighted by Crippen LogP contribution is -2.09. The molecule has 5 nitrogen and oxygen atoms in total. The van der Waals surface area contributed by atoms with E-state index < -0.39 is 5.97 Å². The first-order chi connectivity index (χ1) is 8.54. The van der Waals surface area contributed by atoms with Gasteiger partial charge in [-0.2, -0.15) is 0 Å². The molecule has 2 rings (SSSR count). The van der Waals surface area contributed by atoms with Crippen molar-refractivity contribution < 1.29 is 14.6 Å². The van der Waals surface area contributed by atoms with Gasteiger partial charge in [0, 0.05) is 18.4 Å². The molecule has 1 N–H and O–H groups in total. The SMILES string of the molecule is CCOC(C)c1c(C(=O)O)cnc2sc(C)nc12. The summed E-state index contributed by atoms with van der Waals surface area (Å²) in [6.45, 7) is 6.11. The predicted molar refractivity (Wildman–Crippen MR) is 69.2 cm³/mol. The first-order valence-corrected chi connectivity index (χ1v) is 6.47. The number of rotatable bonds is 4. The number of nitrogens with zero attached hydrogens (tertiary/aromatic N) is 2. The van der Waals surface area contributed by atoms with E-state index in [1.54, 1.807) is 0 Å². The summed E-state index contributed by atoms with van der Waals surface area (Å²) in [6, 6.07) is 0. The van der Waals surface area contributed by atoms with Crippen molar-refractivity contribution >= 4 is 27.7 Å². The Hall–Kier alpha value is -1.53. The Kier molecular flexibility index (Phi) is 3.58. The van der Waals surface area contributed by atoms with Crippen molar-refractivity contribution in [3.8, 4) is 0 Å². The van der Waals surface area contributed by atoms with Gasteiger partial charge in [0.25, 0.3) is 0 Å². The Morgan fingerprint density at radius 1 is 1.61 bits per heavy atom. The molecule has 2 heterocycles. The van der Waals surface area contributed by atoms with Crippen LogP contribution in [0.15, 0.2) is 6.20 Å². The number of pyridine rings is 1. The molecule has 0 bridgehead atoms. The van der Waals surface area contributed by atoms with E-state index in [0.29, 0.717) is 17.7 Å². The quantitative estimate of drug-likeness (QED) is 0.921. The van der Waals surface area contributed by atoms with Gasteiger partial charge in [-0.25, -0.2) is 14.8 Å². The van der Waals surface area contributed by atoms with Crippen LogP contribution in [0.2, 0.25) is 0 Å². The summed E-state index contributed by atoms with van der Waals surface area (Å²) in [7, 11) is 0. The third kappa shape index (κ3) is 2.21. The number of hydrogen-bond donors (Lipinski definition) is 1. The van der Waals surface area contributed by atoms with E-state index in [1.165, 1.54) is 17.5 Å². The first-order valence-electron chi connectivity index (χ1n) is 5.65. The zero-order valence-electron chi connectivity index (χ0n) is 10.4. The van der Waals surface area contributed by atoms with Crippen molar-refractivity contribution in [3.63, 3.8) is 0 Å². The fourth-order valence-corrected chi connectivity index (χ4v) is 2.69. The monoisotopic (exact) mass is 266 g/mol. The van der Waals surface area contributed by atoms with Gasteiger partial charge < -0.3 is 9.84 Å². The molecule has 0 amide bonds. The number of hydrogen-bond acceptors (Lipinski definition) is 5. The molecule has 0 saturated heterocycles. The molecule has 0 aliphatic carbocycles. The molecule has 0 aliphatic rings. The van der Waals surface area contributed by atoms with Gasteiger partial charge in [0.15, 0.2) is 0 Å². The van der Waals surface area contributed by atoms with Crippen LogP contribution >= 0.6 is 11.3 Å². The van der Waals surface area contributed by atoms with E-state index in [9.17, 15) is 9.90 Å². The van der Waals surface area contributed by atoms with Gasteiger partial charge >= 0.3 is 5.97 Å². The third-order valence-electron chi connectivity index (χ3n) is 2.63. The summed E-state index contributed by atoms with van der Waals surface area (Å²) >= 11 is 1.45. The molecule has 0 radical (unpaired) electrons. The number of thiazole rings is 1. The second-order valence-corrected chi connectivity index (χ2v) is 5.06. The highest BCUT2D eigenvalue weighted by Crippen LogP contribution is 2.31. The zero-order chi connectivity index (χ0) is 13.3. The molecular weight excluding hydrogens is 252 g/mol. The number of aromatic nitrogens is 2. The number of aryl methyl sites for hydroxylation is 1. The van der Waals surface area contributed by atoms with Crippen LogP contribution in [0.1, 0.15) is 40.9 Å². The Balaban J connectivity index is 2.69. The first kappa shape index (κ1) is 12.9. The Bertz CT molecular complexity index is 594. The molecular formula is C12H14N2O3S. The van der Waals surface area contributed by atoms with Crippen LogP contribution in [0.4, 0.5) is 0 Å². The molecule has 2 aromatic rings. The summed E-state index contributed by atoms with van der Waals surface area (Å²) < 4.78 is 5.51. The Morgan fingerprint density at radius 3 is 2.94 bits per heavy atom. The summed E-state index contributed by atoms with van der Waals surface area (Å²) in [6.07, 6.45) is 1.07. The molecule has 18 heavy (non-hydrogen) atoms. The van der Waals surface area contributed by atoms with Crippen LogP contribution in [0, 0.1) is 6.92 Å². The smallest absolute Gasteiger partial charge is 0.337 e. The number of fused-ring (bicyclic) bond motifs is 1. The molecule has 0 fully saturated rings. The van der Waals surface area contributed by atoms with Crippen molar-refractivity contribution in [3.05, 3.63) is 22.3 Å². The maximum absolute atomic E-state index is 11.3. The van der Waals surface area contributed by atoms with Gasteiger partial charge in [0.1, 0.15) is 10.3 Å². The summed E-state index contributed by atoms with van der Waals surface area (Å²) in [5.74, 6) is -1.00. The predicted octanol–water partition coefficient (Wildman–Crippen LogP) is 2.80. The van der Waals surface area contributed by atoms with Gasteiger partial charge in [-0.05, 0) is 20.8 Å². The highest BCUT2D eigenvalue weighted by Gasteiger charge is 2.22. The van der Waals surface area contributed by atoms with Crippen LogP contribution in [0.5, 0.6) is 0 Å². The molecule has 0 spiro atoms. The third-order valence-corrected chi connectivity index (χ3v) is 3.50. The Labute approximate surface area is 108 Å². The van der Waals surface area contributed by atoms with Crippen molar-refractivity contribution in [2.24, 2.45) is 0 Å². The number of carboxylic acid groups (broad SMARTS) is 1. The van der Waals surface area contributed by atoms with Crippen molar-refractivity contribution in [2.45, 2.75) is 26.9 Å². The van der Waals surface area contributed by atoms with Gasteiger partial charge in [0.05, 0.1) is 16.7 Å². The highest BCUT2D eigenvalue weighted by atomic mass is 32.1.